The van der Waals surface area contributed by atoms with E-state index in [0.29, 0.717) is 18.7 Å². The van der Waals surface area contributed by atoms with E-state index in [1.807, 2.05) is 0 Å². The van der Waals surface area contributed by atoms with E-state index in [1.54, 1.807) is 0 Å². The second-order valence-electron chi connectivity index (χ2n) is 4.08. The average Bonchev–Trinajstić information content (AvgIpc) is 2.68. The van der Waals surface area contributed by atoms with E-state index in [2.05, 4.69) is 10.0 Å². The first-order valence-corrected chi connectivity index (χ1v) is 5.76. The lowest BCUT2D eigenvalue weighted by Crippen LogP contribution is -2.25. The van der Waals surface area contributed by atoms with Crippen molar-refractivity contribution >= 4 is 23.2 Å². The van der Waals surface area contributed by atoms with E-state index in [-0.39, 0.29) is 23.4 Å². The van der Waals surface area contributed by atoms with Crippen LogP contribution in [0.3, 0.4) is 0 Å². The van der Waals surface area contributed by atoms with Crippen molar-refractivity contribution in [2.75, 3.05) is 18.0 Å². The number of carbonyl (C=O) groups excluding carboxylic acids is 1. The maximum Gasteiger partial charge on any atom is 0.227 e. The maximum absolute atomic E-state index is 12.9. The second kappa shape index (κ2) is 5.25. The maximum atomic E-state index is 12.9. The largest absolute Gasteiger partial charge is 0.311 e. The summed E-state index contributed by atoms with van der Waals surface area (Å²) in [6.07, 6.45) is 0.312. The van der Waals surface area contributed by atoms with Crippen molar-refractivity contribution in [3.05, 3.63) is 39.5 Å². The number of anilines is 1. The Morgan fingerprint density at radius 3 is 3.06 bits per heavy atom. The van der Waals surface area contributed by atoms with Crippen LogP contribution >= 0.6 is 11.6 Å². The van der Waals surface area contributed by atoms with Gasteiger partial charge < -0.3 is 4.90 Å². The zero-order valence-corrected chi connectivity index (χ0v) is 10.1. The molecule has 1 aromatic carbocycles. The van der Waals surface area contributed by atoms with Crippen LogP contribution in [0.1, 0.15) is 6.42 Å². The molecule has 1 heterocycles. The first-order valence-electron chi connectivity index (χ1n) is 5.38. The topological polar surface area (TPSA) is 69.1 Å². The van der Waals surface area contributed by atoms with Gasteiger partial charge in [-0.3, -0.25) is 4.79 Å². The molecule has 0 saturated carbocycles. The minimum absolute atomic E-state index is 0.0190. The lowest BCUT2D eigenvalue weighted by atomic mass is 10.1. The van der Waals surface area contributed by atoms with Crippen LogP contribution in [0.2, 0.25) is 5.02 Å². The summed E-state index contributed by atoms with van der Waals surface area (Å²) in [6, 6.07) is 3.91. The molecule has 5 nitrogen and oxygen atoms in total. The third-order valence-corrected chi connectivity index (χ3v) is 3.11. The molecule has 0 aliphatic carbocycles. The van der Waals surface area contributed by atoms with E-state index in [0.717, 1.165) is 0 Å². The summed E-state index contributed by atoms with van der Waals surface area (Å²) in [7, 11) is 0. The number of azide groups is 1. The van der Waals surface area contributed by atoms with Gasteiger partial charge in [0.15, 0.2) is 0 Å². The molecule has 2 rings (SSSR count). The van der Waals surface area contributed by atoms with E-state index in [4.69, 9.17) is 17.1 Å². The summed E-state index contributed by atoms with van der Waals surface area (Å²) in [5.74, 6) is -0.558. The zero-order chi connectivity index (χ0) is 13.1. The molecule has 0 N–H and O–H groups in total. The molecule has 0 spiro atoms. The molecule has 18 heavy (non-hydrogen) atoms. The summed E-state index contributed by atoms with van der Waals surface area (Å²) in [5, 5.41) is 3.66. The van der Waals surface area contributed by atoms with Crippen molar-refractivity contribution in [2.24, 2.45) is 11.0 Å². The van der Waals surface area contributed by atoms with Crippen LogP contribution in [0, 0.1) is 11.7 Å². The van der Waals surface area contributed by atoms with Gasteiger partial charge in [-0.15, -0.1) is 0 Å². The molecule has 1 atom stereocenters. The molecular formula is C11H10ClFN4O. The Kier molecular flexibility index (Phi) is 3.69. The second-order valence-corrected chi connectivity index (χ2v) is 4.49. The molecule has 1 aliphatic rings. The van der Waals surface area contributed by atoms with Crippen molar-refractivity contribution in [2.45, 2.75) is 6.42 Å². The van der Waals surface area contributed by atoms with Crippen molar-refractivity contribution in [3.8, 4) is 0 Å². The van der Waals surface area contributed by atoms with Crippen molar-refractivity contribution in [1.29, 1.82) is 0 Å². The lowest BCUT2D eigenvalue weighted by molar-refractivity contribution is -0.117. The van der Waals surface area contributed by atoms with E-state index in [1.165, 1.54) is 23.1 Å². The van der Waals surface area contributed by atoms with Gasteiger partial charge in [0, 0.05) is 24.4 Å². The standard InChI is InChI=1S/C11H10ClFN4O/c12-9-4-8(13)1-2-10(9)17-6-7(3-11(17)18)5-15-16-14/h1-2,4,7H,3,5-6H2. The summed E-state index contributed by atoms with van der Waals surface area (Å²) < 4.78 is 12.9. The molecule has 1 aromatic rings. The Labute approximate surface area is 108 Å². The monoisotopic (exact) mass is 268 g/mol. The average molecular weight is 269 g/mol. The summed E-state index contributed by atoms with van der Waals surface area (Å²) >= 11 is 5.91. The summed E-state index contributed by atoms with van der Waals surface area (Å²) in [4.78, 5) is 16.0. The van der Waals surface area contributed by atoms with E-state index >= 15 is 0 Å². The van der Waals surface area contributed by atoms with Crippen LogP contribution in [0.5, 0.6) is 0 Å². The molecule has 0 bridgehead atoms. The molecule has 1 aliphatic heterocycles. The van der Waals surface area contributed by atoms with Gasteiger partial charge in [-0.25, -0.2) is 4.39 Å². The van der Waals surface area contributed by atoms with Gasteiger partial charge in [-0.1, -0.05) is 16.7 Å². The molecule has 0 aromatic heterocycles. The highest BCUT2D eigenvalue weighted by Crippen LogP contribution is 2.31. The Bertz CT molecular complexity index is 530. The quantitative estimate of drug-likeness (QED) is 0.472. The lowest BCUT2D eigenvalue weighted by Gasteiger charge is -2.17. The van der Waals surface area contributed by atoms with Gasteiger partial charge in [0.25, 0.3) is 0 Å². The fourth-order valence-electron chi connectivity index (χ4n) is 1.99. The predicted octanol–water partition coefficient (Wildman–Crippen LogP) is 3.14. The van der Waals surface area contributed by atoms with Crippen LogP contribution < -0.4 is 4.90 Å². The first-order chi connectivity index (χ1) is 8.61. The number of amides is 1. The Hall–Kier alpha value is -1.78. The number of halogens is 2. The molecule has 1 fully saturated rings. The van der Waals surface area contributed by atoms with E-state index < -0.39 is 5.82 Å². The third-order valence-electron chi connectivity index (χ3n) is 2.81. The number of hydrogen-bond donors (Lipinski definition) is 0. The van der Waals surface area contributed by atoms with Gasteiger partial charge in [0.2, 0.25) is 5.91 Å². The minimum Gasteiger partial charge on any atom is -0.311 e. The summed E-state index contributed by atoms with van der Waals surface area (Å²) in [5.41, 5.74) is 8.74. The van der Waals surface area contributed by atoms with Gasteiger partial charge in [-0.05, 0) is 29.6 Å². The Balaban J connectivity index is 2.18. The van der Waals surface area contributed by atoms with Crippen molar-refractivity contribution in [3.63, 3.8) is 0 Å². The third kappa shape index (κ3) is 2.55. The smallest absolute Gasteiger partial charge is 0.227 e. The zero-order valence-electron chi connectivity index (χ0n) is 9.38. The van der Waals surface area contributed by atoms with Gasteiger partial charge in [-0.2, -0.15) is 0 Å². The molecular weight excluding hydrogens is 259 g/mol. The van der Waals surface area contributed by atoms with Crippen LogP contribution in [0.25, 0.3) is 10.4 Å². The molecule has 1 unspecified atom stereocenters. The van der Waals surface area contributed by atoms with Crippen LogP contribution in [0.4, 0.5) is 10.1 Å². The van der Waals surface area contributed by atoms with Gasteiger partial charge in [0.05, 0.1) is 10.7 Å². The summed E-state index contributed by atoms with van der Waals surface area (Å²) in [6.45, 7) is 0.709. The van der Waals surface area contributed by atoms with Crippen LogP contribution in [-0.4, -0.2) is 19.0 Å². The highest BCUT2D eigenvalue weighted by atomic mass is 35.5. The van der Waals surface area contributed by atoms with Crippen LogP contribution in [-0.2, 0) is 4.79 Å². The molecule has 0 radical (unpaired) electrons. The number of hydrogen-bond acceptors (Lipinski definition) is 2. The SMILES string of the molecule is [N-]=[N+]=NCC1CC(=O)N(c2ccc(F)cc2Cl)C1. The molecule has 1 amide bonds. The number of nitrogens with zero attached hydrogens (tertiary/aromatic N) is 4. The van der Waals surface area contributed by atoms with Crippen LogP contribution in [0.15, 0.2) is 23.3 Å². The van der Waals surface area contributed by atoms with Crippen molar-refractivity contribution in [1.82, 2.24) is 0 Å². The van der Waals surface area contributed by atoms with Crippen molar-refractivity contribution < 1.29 is 9.18 Å². The number of carbonyl (C=O) groups is 1. The fraction of sp³-hybridized carbons (Fsp3) is 0.364. The highest BCUT2D eigenvalue weighted by molar-refractivity contribution is 6.33. The van der Waals surface area contributed by atoms with Gasteiger partial charge in [0.1, 0.15) is 5.82 Å². The predicted molar refractivity (Wildman–Crippen MR) is 65.9 cm³/mol. The van der Waals surface area contributed by atoms with Gasteiger partial charge >= 0.3 is 0 Å². The first kappa shape index (κ1) is 12.7. The Morgan fingerprint density at radius 2 is 2.39 bits per heavy atom. The normalized spacial score (nSPS) is 18.9. The minimum atomic E-state index is -0.443. The molecule has 1 saturated heterocycles. The fourth-order valence-corrected chi connectivity index (χ4v) is 2.26. The number of benzene rings is 1. The molecule has 7 heteroatoms. The number of rotatable bonds is 3. The Morgan fingerprint density at radius 1 is 1.61 bits per heavy atom. The molecule has 94 valence electrons. The highest BCUT2D eigenvalue weighted by Gasteiger charge is 2.31. The van der Waals surface area contributed by atoms with E-state index in [9.17, 15) is 9.18 Å².